The van der Waals surface area contributed by atoms with Crippen molar-refractivity contribution in [1.82, 2.24) is 5.43 Å². The summed E-state index contributed by atoms with van der Waals surface area (Å²) in [4.78, 5) is 4.57. The average molecular weight is 315 g/mol. The molecule has 1 N–H and O–H groups in total. The summed E-state index contributed by atoms with van der Waals surface area (Å²) in [6, 6.07) is 19.2. The zero-order valence-corrected chi connectivity index (χ0v) is 13.7. The van der Waals surface area contributed by atoms with Crippen molar-refractivity contribution in [3.63, 3.8) is 0 Å². The molecule has 0 aromatic heterocycles. The van der Waals surface area contributed by atoms with Crippen molar-refractivity contribution in [2.75, 3.05) is 6.54 Å². The van der Waals surface area contributed by atoms with Crippen LogP contribution < -0.4 is 5.43 Å². The number of amidine groups is 1. The summed E-state index contributed by atoms with van der Waals surface area (Å²) in [7, 11) is 0. The molecule has 0 bridgehead atoms. The van der Waals surface area contributed by atoms with E-state index in [1.165, 1.54) is 40.8 Å². The van der Waals surface area contributed by atoms with Crippen LogP contribution in [0.4, 0.5) is 0 Å². The smallest absolute Gasteiger partial charge is 0.117 e. The third-order valence-electron chi connectivity index (χ3n) is 4.57. The van der Waals surface area contributed by atoms with Crippen LogP contribution in [0.25, 0.3) is 21.5 Å². The molecule has 120 valence electrons. The number of aliphatic imine (C=N–C) groups is 1. The van der Waals surface area contributed by atoms with Gasteiger partial charge in [-0.3, -0.25) is 10.4 Å². The lowest BCUT2D eigenvalue weighted by molar-refractivity contribution is 0.729. The van der Waals surface area contributed by atoms with E-state index in [-0.39, 0.29) is 0 Å². The van der Waals surface area contributed by atoms with Gasteiger partial charge in [0.1, 0.15) is 5.84 Å². The summed E-state index contributed by atoms with van der Waals surface area (Å²) in [5.41, 5.74) is 4.32. The molecule has 3 nitrogen and oxygen atoms in total. The number of nitrogens with zero attached hydrogens (tertiary/aromatic N) is 2. The van der Waals surface area contributed by atoms with Crippen molar-refractivity contribution in [2.24, 2.45) is 10.1 Å². The SMILES string of the molecule is C(=N\NC1=NCCCCC1)/c1c2ccccc2cc2ccccc12. The molecule has 4 rings (SSSR count). The van der Waals surface area contributed by atoms with Crippen molar-refractivity contribution < 1.29 is 0 Å². The Hall–Kier alpha value is -2.68. The largest absolute Gasteiger partial charge is 0.271 e. The molecule has 0 spiro atoms. The summed E-state index contributed by atoms with van der Waals surface area (Å²) in [6.45, 7) is 0.912. The minimum atomic E-state index is 0.912. The second-order valence-electron chi connectivity index (χ2n) is 6.24. The lowest BCUT2D eigenvalue weighted by atomic mass is 9.97. The summed E-state index contributed by atoms with van der Waals surface area (Å²) < 4.78 is 0. The minimum absolute atomic E-state index is 0.912. The summed E-state index contributed by atoms with van der Waals surface area (Å²) in [5.74, 6) is 1.01. The zero-order valence-electron chi connectivity index (χ0n) is 13.7. The van der Waals surface area contributed by atoms with Gasteiger partial charge in [-0.25, -0.2) is 0 Å². The van der Waals surface area contributed by atoms with E-state index in [4.69, 9.17) is 0 Å². The molecule has 3 aromatic carbocycles. The van der Waals surface area contributed by atoms with E-state index in [0.29, 0.717) is 0 Å². The van der Waals surface area contributed by atoms with Crippen LogP contribution in [0.5, 0.6) is 0 Å². The molecule has 0 aliphatic carbocycles. The van der Waals surface area contributed by atoms with Gasteiger partial charge in [0.15, 0.2) is 0 Å². The molecule has 0 saturated carbocycles. The molecular weight excluding hydrogens is 294 g/mol. The van der Waals surface area contributed by atoms with Crippen LogP contribution in [-0.2, 0) is 0 Å². The predicted octanol–water partition coefficient (Wildman–Crippen LogP) is 4.89. The number of nitrogens with one attached hydrogen (secondary N) is 1. The second kappa shape index (κ2) is 6.83. The topological polar surface area (TPSA) is 36.8 Å². The molecule has 0 unspecified atom stereocenters. The van der Waals surface area contributed by atoms with Crippen molar-refractivity contribution in [1.29, 1.82) is 0 Å². The van der Waals surface area contributed by atoms with E-state index < -0.39 is 0 Å². The first-order chi connectivity index (χ1) is 11.9. The lowest BCUT2D eigenvalue weighted by Gasteiger charge is -2.08. The van der Waals surface area contributed by atoms with E-state index in [0.717, 1.165) is 24.4 Å². The number of benzene rings is 3. The van der Waals surface area contributed by atoms with Gasteiger partial charge in [0.2, 0.25) is 0 Å². The molecule has 1 heterocycles. The first-order valence-corrected chi connectivity index (χ1v) is 8.65. The molecule has 3 aromatic rings. The minimum Gasteiger partial charge on any atom is -0.271 e. The highest BCUT2D eigenvalue weighted by Crippen LogP contribution is 2.27. The summed E-state index contributed by atoms with van der Waals surface area (Å²) in [5, 5.41) is 9.43. The highest BCUT2D eigenvalue weighted by atomic mass is 15.3. The van der Waals surface area contributed by atoms with Crippen molar-refractivity contribution in [3.8, 4) is 0 Å². The van der Waals surface area contributed by atoms with Gasteiger partial charge in [0, 0.05) is 18.5 Å². The molecule has 0 saturated heterocycles. The van der Waals surface area contributed by atoms with Crippen LogP contribution in [0, 0.1) is 0 Å². The summed E-state index contributed by atoms with van der Waals surface area (Å²) in [6.07, 6.45) is 6.57. The maximum Gasteiger partial charge on any atom is 0.117 e. The maximum absolute atomic E-state index is 4.57. The Morgan fingerprint density at radius 2 is 1.58 bits per heavy atom. The van der Waals surface area contributed by atoms with Gasteiger partial charge >= 0.3 is 0 Å². The monoisotopic (exact) mass is 315 g/mol. The van der Waals surface area contributed by atoms with Crippen molar-refractivity contribution in [2.45, 2.75) is 25.7 Å². The normalized spacial score (nSPS) is 15.6. The molecule has 0 atom stereocenters. The highest BCUT2D eigenvalue weighted by Gasteiger charge is 2.06. The van der Waals surface area contributed by atoms with E-state index in [1.807, 2.05) is 6.21 Å². The third kappa shape index (κ3) is 3.02. The molecule has 0 radical (unpaired) electrons. The Kier molecular flexibility index (Phi) is 4.24. The number of rotatable bonds is 2. The van der Waals surface area contributed by atoms with Crippen LogP contribution >= 0.6 is 0 Å². The van der Waals surface area contributed by atoms with Gasteiger partial charge in [-0.15, -0.1) is 0 Å². The average Bonchev–Trinajstić information content (AvgIpc) is 2.90. The lowest BCUT2D eigenvalue weighted by Crippen LogP contribution is -2.17. The van der Waals surface area contributed by atoms with E-state index in [9.17, 15) is 0 Å². The maximum atomic E-state index is 4.57. The first-order valence-electron chi connectivity index (χ1n) is 8.65. The Morgan fingerprint density at radius 1 is 0.875 bits per heavy atom. The predicted molar refractivity (Wildman–Crippen MR) is 103 cm³/mol. The number of hydrogen-bond acceptors (Lipinski definition) is 3. The molecular formula is C21H21N3. The fraction of sp³-hybridized carbons (Fsp3) is 0.238. The fourth-order valence-corrected chi connectivity index (χ4v) is 3.32. The van der Waals surface area contributed by atoms with Gasteiger partial charge in [-0.1, -0.05) is 55.0 Å². The Balaban J connectivity index is 1.73. The number of hydrogen-bond donors (Lipinski definition) is 1. The van der Waals surface area contributed by atoms with Crippen LogP contribution in [0.2, 0.25) is 0 Å². The van der Waals surface area contributed by atoms with Crippen LogP contribution in [0.1, 0.15) is 31.2 Å². The molecule has 1 aliphatic heterocycles. The van der Waals surface area contributed by atoms with Crippen LogP contribution in [0.15, 0.2) is 64.7 Å². The van der Waals surface area contributed by atoms with Gasteiger partial charge in [-0.2, -0.15) is 5.10 Å². The van der Waals surface area contributed by atoms with Crippen molar-refractivity contribution >= 4 is 33.6 Å². The standard InChI is InChI=1S/C21H21N3/c1-2-12-21(22-13-7-1)24-23-15-20-18-10-5-3-8-16(18)14-17-9-4-6-11-19(17)20/h3-6,8-11,14-15H,1-2,7,12-13H2,(H,22,24)/b23-15+. The highest BCUT2D eigenvalue weighted by molar-refractivity contribution is 6.13. The molecule has 24 heavy (non-hydrogen) atoms. The molecule has 0 amide bonds. The Morgan fingerprint density at radius 3 is 2.33 bits per heavy atom. The zero-order chi connectivity index (χ0) is 16.2. The quantitative estimate of drug-likeness (QED) is 0.408. The van der Waals surface area contributed by atoms with Gasteiger partial charge in [-0.05, 0) is 40.5 Å². The molecule has 1 aliphatic rings. The van der Waals surface area contributed by atoms with Crippen LogP contribution in [-0.4, -0.2) is 18.6 Å². The van der Waals surface area contributed by atoms with Gasteiger partial charge < -0.3 is 0 Å². The fourth-order valence-electron chi connectivity index (χ4n) is 3.32. The van der Waals surface area contributed by atoms with Crippen LogP contribution in [0.3, 0.4) is 0 Å². The van der Waals surface area contributed by atoms with E-state index in [1.54, 1.807) is 0 Å². The number of hydrazone groups is 1. The number of fused-ring (bicyclic) bond motifs is 2. The first kappa shape index (κ1) is 14.9. The molecule has 3 heteroatoms. The Bertz CT molecular complexity index is 871. The van der Waals surface area contributed by atoms with Gasteiger partial charge in [0.05, 0.1) is 6.21 Å². The Labute approximate surface area is 142 Å². The van der Waals surface area contributed by atoms with E-state index >= 15 is 0 Å². The van der Waals surface area contributed by atoms with Gasteiger partial charge in [0.25, 0.3) is 0 Å². The second-order valence-corrected chi connectivity index (χ2v) is 6.24. The third-order valence-corrected chi connectivity index (χ3v) is 4.57. The van der Waals surface area contributed by atoms with Crippen molar-refractivity contribution in [3.05, 3.63) is 60.2 Å². The van der Waals surface area contributed by atoms with E-state index in [2.05, 4.69) is 70.1 Å². The molecule has 0 fully saturated rings. The summed E-state index contributed by atoms with van der Waals surface area (Å²) >= 11 is 0.